The predicted octanol–water partition coefficient (Wildman–Crippen LogP) is 0.894. The quantitative estimate of drug-likeness (QED) is 0.702. The molecule has 0 unspecified atom stereocenters. The van der Waals surface area contributed by atoms with Crippen molar-refractivity contribution in [2.45, 2.75) is 50.5 Å². The van der Waals surface area contributed by atoms with E-state index in [0.29, 0.717) is 19.5 Å². The van der Waals surface area contributed by atoms with Crippen LogP contribution in [0.2, 0.25) is 0 Å². The van der Waals surface area contributed by atoms with Gasteiger partial charge < -0.3 is 15.3 Å². The lowest BCUT2D eigenvalue weighted by molar-refractivity contribution is -0.130. The van der Waals surface area contributed by atoms with Crippen LogP contribution in [0.1, 0.15) is 44.9 Å². The van der Waals surface area contributed by atoms with Gasteiger partial charge in [0.2, 0.25) is 5.91 Å². The minimum Gasteiger partial charge on any atom is -0.389 e. The van der Waals surface area contributed by atoms with Crippen LogP contribution in [-0.4, -0.2) is 47.7 Å². The minimum absolute atomic E-state index is 0.258. The van der Waals surface area contributed by atoms with E-state index in [-0.39, 0.29) is 5.91 Å². The van der Waals surface area contributed by atoms with Crippen molar-refractivity contribution in [2.24, 2.45) is 0 Å². The Hall–Kier alpha value is -0.610. The molecule has 0 bridgehead atoms. The number of likely N-dealkylation sites (tertiary alicyclic amines) is 1. The molecule has 1 saturated heterocycles. The molecule has 1 amide bonds. The minimum atomic E-state index is -0.503. The van der Waals surface area contributed by atoms with Gasteiger partial charge in [-0.25, -0.2) is 0 Å². The van der Waals surface area contributed by atoms with Gasteiger partial charge in [0.05, 0.1) is 5.60 Å². The molecule has 1 saturated carbocycles. The van der Waals surface area contributed by atoms with Crippen molar-refractivity contribution >= 4 is 5.91 Å². The Labute approximate surface area is 103 Å². The van der Waals surface area contributed by atoms with Crippen molar-refractivity contribution in [1.29, 1.82) is 0 Å². The average molecular weight is 240 g/mol. The van der Waals surface area contributed by atoms with Gasteiger partial charge >= 0.3 is 0 Å². The molecule has 0 atom stereocenters. The van der Waals surface area contributed by atoms with Gasteiger partial charge in [-0.2, -0.15) is 0 Å². The Morgan fingerprint density at radius 1 is 1.18 bits per heavy atom. The number of nitrogens with zero attached hydrogens (tertiary/aromatic N) is 1. The molecule has 0 aromatic carbocycles. The summed E-state index contributed by atoms with van der Waals surface area (Å²) in [6.07, 6.45) is 6.93. The van der Waals surface area contributed by atoms with Crippen LogP contribution >= 0.6 is 0 Å². The lowest BCUT2D eigenvalue weighted by Gasteiger charge is -2.22. The van der Waals surface area contributed by atoms with Gasteiger partial charge in [0.1, 0.15) is 0 Å². The lowest BCUT2D eigenvalue weighted by atomic mass is 10.0. The van der Waals surface area contributed by atoms with Gasteiger partial charge in [-0.05, 0) is 25.7 Å². The molecule has 0 radical (unpaired) electrons. The molecule has 2 fully saturated rings. The van der Waals surface area contributed by atoms with E-state index in [1.54, 1.807) is 0 Å². The molecule has 1 heterocycles. The Bertz CT molecular complexity index is 256. The van der Waals surface area contributed by atoms with Crippen molar-refractivity contribution < 1.29 is 9.90 Å². The molecule has 0 aromatic heterocycles. The van der Waals surface area contributed by atoms with Gasteiger partial charge in [-0.1, -0.05) is 12.8 Å². The molecule has 98 valence electrons. The summed E-state index contributed by atoms with van der Waals surface area (Å²) in [5.74, 6) is 0.258. The molecule has 4 heteroatoms. The van der Waals surface area contributed by atoms with Crippen LogP contribution in [0, 0.1) is 0 Å². The molecule has 4 nitrogen and oxygen atoms in total. The fourth-order valence-corrected chi connectivity index (χ4v) is 2.85. The largest absolute Gasteiger partial charge is 0.389 e. The third-order valence-electron chi connectivity index (χ3n) is 3.96. The Morgan fingerprint density at radius 2 is 1.82 bits per heavy atom. The van der Waals surface area contributed by atoms with Crippen LogP contribution in [0.15, 0.2) is 0 Å². The predicted molar refractivity (Wildman–Crippen MR) is 66.7 cm³/mol. The van der Waals surface area contributed by atoms with E-state index in [1.165, 1.54) is 0 Å². The van der Waals surface area contributed by atoms with Crippen LogP contribution in [0.3, 0.4) is 0 Å². The molecule has 0 aromatic rings. The van der Waals surface area contributed by atoms with Crippen LogP contribution in [0.4, 0.5) is 0 Å². The van der Waals surface area contributed by atoms with E-state index in [4.69, 9.17) is 0 Å². The maximum Gasteiger partial charge on any atom is 0.223 e. The van der Waals surface area contributed by atoms with Crippen molar-refractivity contribution in [2.75, 3.05) is 26.2 Å². The topological polar surface area (TPSA) is 52.6 Å². The smallest absolute Gasteiger partial charge is 0.223 e. The number of carbonyl (C=O) groups is 1. The average Bonchev–Trinajstić information content (AvgIpc) is 2.95. The van der Waals surface area contributed by atoms with Crippen molar-refractivity contribution in [3.63, 3.8) is 0 Å². The van der Waals surface area contributed by atoms with Gasteiger partial charge in [-0.15, -0.1) is 0 Å². The maximum absolute atomic E-state index is 11.7. The molecular weight excluding hydrogens is 216 g/mol. The van der Waals surface area contributed by atoms with E-state index in [1.807, 2.05) is 4.90 Å². The highest BCUT2D eigenvalue weighted by molar-refractivity contribution is 5.76. The highest BCUT2D eigenvalue weighted by Gasteiger charge is 2.30. The highest BCUT2D eigenvalue weighted by atomic mass is 16.3. The van der Waals surface area contributed by atoms with E-state index in [9.17, 15) is 9.90 Å². The third kappa shape index (κ3) is 3.68. The summed E-state index contributed by atoms with van der Waals surface area (Å²) >= 11 is 0. The molecule has 2 rings (SSSR count). The van der Waals surface area contributed by atoms with E-state index in [2.05, 4.69) is 5.32 Å². The summed E-state index contributed by atoms with van der Waals surface area (Å²) < 4.78 is 0. The first-order valence-electron chi connectivity index (χ1n) is 6.91. The zero-order valence-corrected chi connectivity index (χ0v) is 10.6. The fraction of sp³-hybridized carbons (Fsp3) is 0.923. The van der Waals surface area contributed by atoms with Crippen LogP contribution in [-0.2, 0) is 4.79 Å². The number of carbonyl (C=O) groups excluding carboxylic acids is 1. The number of aliphatic hydroxyl groups is 1. The van der Waals surface area contributed by atoms with Crippen molar-refractivity contribution in [3.8, 4) is 0 Å². The van der Waals surface area contributed by atoms with E-state index in [0.717, 1.165) is 51.6 Å². The Balaban J connectivity index is 1.57. The molecule has 17 heavy (non-hydrogen) atoms. The van der Waals surface area contributed by atoms with Gasteiger partial charge in [0.15, 0.2) is 0 Å². The Morgan fingerprint density at radius 3 is 2.47 bits per heavy atom. The normalized spacial score (nSPS) is 23.2. The second kappa shape index (κ2) is 5.83. The number of rotatable bonds is 5. The lowest BCUT2D eigenvalue weighted by Crippen LogP contribution is -2.39. The fourth-order valence-electron chi connectivity index (χ4n) is 2.85. The zero-order chi connectivity index (χ0) is 12.1. The molecule has 2 aliphatic rings. The monoisotopic (exact) mass is 240 g/mol. The molecule has 1 aliphatic carbocycles. The summed E-state index contributed by atoms with van der Waals surface area (Å²) in [6.45, 7) is 3.20. The van der Waals surface area contributed by atoms with Crippen LogP contribution in [0.25, 0.3) is 0 Å². The highest BCUT2D eigenvalue weighted by Crippen LogP contribution is 2.28. The SMILES string of the molecule is O=C(CCNCC1(O)CCCC1)N1CCCC1. The summed E-state index contributed by atoms with van der Waals surface area (Å²) in [5, 5.41) is 13.3. The van der Waals surface area contributed by atoms with Crippen LogP contribution < -0.4 is 5.32 Å². The number of hydrogen-bond acceptors (Lipinski definition) is 3. The third-order valence-corrected chi connectivity index (χ3v) is 3.96. The second-order valence-electron chi connectivity index (χ2n) is 5.45. The van der Waals surface area contributed by atoms with Gasteiger partial charge in [-0.3, -0.25) is 4.79 Å². The van der Waals surface area contributed by atoms with Gasteiger partial charge in [0.25, 0.3) is 0 Å². The first-order chi connectivity index (χ1) is 8.20. The molecular formula is C13H24N2O2. The van der Waals surface area contributed by atoms with Crippen LogP contribution in [0.5, 0.6) is 0 Å². The Kier molecular flexibility index (Phi) is 4.40. The summed E-state index contributed by atoms with van der Waals surface area (Å²) in [5.41, 5.74) is -0.503. The summed E-state index contributed by atoms with van der Waals surface area (Å²) in [6, 6.07) is 0. The van der Waals surface area contributed by atoms with E-state index >= 15 is 0 Å². The van der Waals surface area contributed by atoms with Crippen molar-refractivity contribution in [1.82, 2.24) is 10.2 Å². The first-order valence-corrected chi connectivity index (χ1v) is 6.91. The molecule has 2 N–H and O–H groups in total. The van der Waals surface area contributed by atoms with Crippen molar-refractivity contribution in [3.05, 3.63) is 0 Å². The summed E-state index contributed by atoms with van der Waals surface area (Å²) in [7, 11) is 0. The number of hydrogen-bond donors (Lipinski definition) is 2. The maximum atomic E-state index is 11.7. The first kappa shape index (κ1) is 12.8. The molecule has 0 spiro atoms. The van der Waals surface area contributed by atoms with Gasteiger partial charge in [0, 0.05) is 32.6 Å². The molecule has 1 aliphatic heterocycles. The standard InChI is InChI=1S/C13H24N2O2/c16-12(15-9-3-4-10-15)5-8-14-11-13(17)6-1-2-7-13/h14,17H,1-11H2. The number of amides is 1. The van der Waals surface area contributed by atoms with E-state index < -0.39 is 5.60 Å². The number of nitrogens with one attached hydrogen (secondary N) is 1. The zero-order valence-electron chi connectivity index (χ0n) is 10.6. The second-order valence-corrected chi connectivity index (χ2v) is 5.45. The summed E-state index contributed by atoms with van der Waals surface area (Å²) in [4.78, 5) is 13.7.